The predicted octanol–water partition coefficient (Wildman–Crippen LogP) is 1.52. The van der Waals surface area contributed by atoms with E-state index in [1.54, 1.807) is 0 Å². The van der Waals surface area contributed by atoms with Gasteiger partial charge in [-0.05, 0) is 0 Å². The summed E-state index contributed by atoms with van der Waals surface area (Å²) in [6.45, 7) is 0. The number of hydrogen-bond donors (Lipinski definition) is 1. The highest BCUT2D eigenvalue weighted by Gasteiger charge is 2.38. The molecule has 1 rings (SSSR count). The third-order valence-electron chi connectivity index (χ3n) is 1.27. The number of thiazole rings is 1. The van der Waals surface area contributed by atoms with Crippen molar-refractivity contribution in [3.63, 3.8) is 0 Å². The molecule has 0 aromatic carbocycles. The van der Waals surface area contributed by atoms with Crippen molar-refractivity contribution in [3.05, 3.63) is 16.1 Å². The van der Waals surface area contributed by atoms with Crippen molar-refractivity contribution in [2.75, 3.05) is 7.05 Å². The first-order valence-corrected chi connectivity index (χ1v) is 4.07. The van der Waals surface area contributed by atoms with Crippen molar-refractivity contribution in [3.8, 4) is 0 Å². The molecule has 0 spiro atoms. The zero-order valence-corrected chi connectivity index (χ0v) is 7.29. The number of alkyl halides is 3. The van der Waals surface area contributed by atoms with E-state index in [2.05, 4.69) is 10.3 Å². The molecule has 1 aromatic rings. The van der Waals surface area contributed by atoms with Gasteiger partial charge < -0.3 is 5.32 Å². The van der Waals surface area contributed by atoms with E-state index in [9.17, 15) is 18.0 Å². The van der Waals surface area contributed by atoms with Crippen LogP contribution in [0.2, 0.25) is 0 Å². The summed E-state index contributed by atoms with van der Waals surface area (Å²) in [6, 6.07) is 0. The van der Waals surface area contributed by atoms with E-state index < -0.39 is 22.7 Å². The number of hydrogen-bond acceptors (Lipinski definition) is 3. The molecule has 0 radical (unpaired) electrons. The Morgan fingerprint density at radius 1 is 1.62 bits per heavy atom. The first-order valence-electron chi connectivity index (χ1n) is 3.19. The molecule has 0 unspecified atom stereocenters. The van der Waals surface area contributed by atoms with Crippen LogP contribution in [0.1, 0.15) is 15.4 Å². The maximum Gasteiger partial charge on any atom is 0.434 e. The van der Waals surface area contributed by atoms with Crippen molar-refractivity contribution in [1.82, 2.24) is 10.3 Å². The third kappa shape index (κ3) is 1.97. The molecule has 0 saturated carbocycles. The number of carbonyl (C=O) groups excluding carboxylic acids is 1. The fourth-order valence-corrected chi connectivity index (χ4v) is 1.48. The van der Waals surface area contributed by atoms with E-state index >= 15 is 0 Å². The van der Waals surface area contributed by atoms with Crippen LogP contribution in [-0.4, -0.2) is 17.9 Å². The van der Waals surface area contributed by atoms with Crippen molar-refractivity contribution in [2.45, 2.75) is 6.18 Å². The molecule has 0 atom stereocenters. The molecule has 1 N–H and O–H groups in total. The van der Waals surface area contributed by atoms with Gasteiger partial charge in [0.25, 0.3) is 5.91 Å². The van der Waals surface area contributed by atoms with Crippen LogP contribution >= 0.6 is 11.3 Å². The van der Waals surface area contributed by atoms with Crippen LogP contribution in [0.3, 0.4) is 0 Å². The van der Waals surface area contributed by atoms with Crippen LogP contribution in [0.15, 0.2) is 5.51 Å². The smallest absolute Gasteiger partial charge is 0.354 e. The van der Waals surface area contributed by atoms with Crippen molar-refractivity contribution >= 4 is 17.2 Å². The fraction of sp³-hybridized carbons (Fsp3) is 0.333. The van der Waals surface area contributed by atoms with Gasteiger partial charge in [0, 0.05) is 7.05 Å². The lowest BCUT2D eigenvalue weighted by molar-refractivity contribution is -0.141. The highest BCUT2D eigenvalue weighted by atomic mass is 32.1. The lowest BCUT2D eigenvalue weighted by Crippen LogP contribution is -2.21. The van der Waals surface area contributed by atoms with E-state index in [0.29, 0.717) is 11.3 Å². The summed E-state index contributed by atoms with van der Waals surface area (Å²) in [5.41, 5.74) is -0.134. The molecule has 1 amide bonds. The van der Waals surface area contributed by atoms with E-state index in [0.717, 1.165) is 5.51 Å². The molecule has 3 nitrogen and oxygen atoms in total. The maximum absolute atomic E-state index is 12.1. The Hall–Kier alpha value is -1.11. The summed E-state index contributed by atoms with van der Waals surface area (Å²) >= 11 is 0.666. The number of nitrogens with zero attached hydrogens (tertiary/aromatic N) is 1. The quantitative estimate of drug-likeness (QED) is 0.763. The molecule has 0 aliphatic rings. The summed E-state index contributed by atoms with van der Waals surface area (Å²) in [4.78, 5) is 13.6. The number of carbonyl (C=O) groups is 1. The summed E-state index contributed by atoms with van der Waals surface area (Å²) in [5.74, 6) is -0.769. The average molecular weight is 210 g/mol. The molecule has 0 saturated heterocycles. The Labute approximate surface area is 75.6 Å². The molecule has 1 aromatic heterocycles. The van der Waals surface area contributed by atoms with Crippen molar-refractivity contribution < 1.29 is 18.0 Å². The number of nitrogens with one attached hydrogen (secondary N) is 1. The van der Waals surface area contributed by atoms with E-state index in [-0.39, 0.29) is 0 Å². The zero-order chi connectivity index (χ0) is 10.1. The van der Waals surface area contributed by atoms with Crippen LogP contribution in [-0.2, 0) is 6.18 Å². The lowest BCUT2D eigenvalue weighted by atomic mass is 10.3. The van der Waals surface area contributed by atoms with Crippen LogP contribution in [0.25, 0.3) is 0 Å². The molecule has 72 valence electrons. The normalized spacial score (nSPS) is 11.4. The second-order valence-electron chi connectivity index (χ2n) is 2.11. The Morgan fingerprint density at radius 2 is 2.23 bits per heavy atom. The molecule has 7 heteroatoms. The number of halogens is 3. The third-order valence-corrected chi connectivity index (χ3v) is 2.09. The average Bonchev–Trinajstić information content (AvgIpc) is 2.49. The van der Waals surface area contributed by atoms with E-state index in [1.165, 1.54) is 7.05 Å². The SMILES string of the molecule is CNC(=O)c1scnc1C(F)(F)F. The minimum atomic E-state index is -4.57. The second kappa shape index (κ2) is 3.33. The van der Waals surface area contributed by atoms with Gasteiger partial charge >= 0.3 is 6.18 Å². The molecule has 13 heavy (non-hydrogen) atoms. The zero-order valence-electron chi connectivity index (χ0n) is 6.47. The van der Waals surface area contributed by atoms with Gasteiger partial charge in [-0.2, -0.15) is 13.2 Å². The molecule has 0 bridgehead atoms. The van der Waals surface area contributed by atoms with Crippen LogP contribution in [0.5, 0.6) is 0 Å². The van der Waals surface area contributed by atoms with Crippen LogP contribution in [0.4, 0.5) is 13.2 Å². The summed E-state index contributed by atoms with van der Waals surface area (Å²) in [7, 11) is 1.27. The van der Waals surface area contributed by atoms with Gasteiger partial charge in [-0.3, -0.25) is 4.79 Å². The number of amides is 1. The van der Waals surface area contributed by atoms with E-state index in [1.807, 2.05) is 0 Å². The van der Waals surface area contributed by atoms with Crippen LogP contribution in [0, 0.1) is 0 Å². The Kier molecular flexibility index (Phi) is 2.55. The monoisotopic (exact) mass is 210 g/mol. The molecule has 1 heterocycles. The molecule has 0 aliphatic carbocycles. The predicted molar refractivity (Wildman–Crippen MR) is 40.5 cm³/mol. The Balaban J connectivity index is 3.10. The van der Waals surface area contributed by atoms with Gasteiger partial charge in [0.15, 0.2) is 5.69 Å². The topological polar surface area (TPSA) is 42.0 Å². The van der Waals surface area contributed by atoms with Gasteiger partial charge in [-0.1, -0.05) is 0 Å². The van der Waals surface area contributed by atoms with Crippen molar-refractivity contribution in [2.24, 2.45) is 0 Å². The van der Waals surface area contributed by atoms with Crippen molar-refractivity contribution in [1.29, 1.82) is 0 Å². The molecule has 0 fully saturated rings. The lowest BCUT2D eigenvalue weighted by Gasteiger charge is -2.04. The molecule has 0 aliphatic heterocycles. The summed E-state index contributed by atoms with van der Waals surface area (Å²) in [6.07, 6.45) is -4.57. The summed E-state index contributed by atoms with van der Waals surface area (Å²) < 4.78 is 36.4. The first kappa shape index (κ1) is 9.97. The second-order valence-corrected chi connectivity index (χ2v) is 2.96. The first-order chi connectivity index (χ1) is 5.96. The maximum atomic E-state index is 12.1. The van der Waals surface area contributed by atoms with Gasteiger partial charge in [-0.25, -0.2) is 4.98 Å². The standard InChI is InChI=1S/C6H5F3N2OS/c1-10-5(12)3-4(6(7,8)9)11-2-13-3/h2H,1H3,(H,10,12). The van der Waals surface area contributed by atoms with E-state index in [4.69, 9.17) is 0 Å². The molecular formula is C6H5F3N2OS. The van der Waals surface area contributed by atoms with Gasteiger partial charge in [0.05, 0.1) is 5.51 Å². The Morgan fingerprint density at radius 3 is 2.69 bits per heavy atom. The fourth-order valence-electron chi connectivity index (χ4n) is 0.723. The van der Waals surface area contributed by atoms with Gasteiger partial charge in [-0.15, -0.1) is 11.3 Å². The van der Waals surface area contributed by atoms with Gasteiger partial charge in [0.2, 0.25) is 0 Å². The Bertz CT molecular complexity index is 320. The number of aromatic nitrogens is 1. The highest BCUT2D eigenvalue weighted by Crippen LogP contribution is 2.32. The van der Waals surface area contributed by atoms with Crippen LogP contribution < -0.4 is 5.32 Å². The minimum absolute atomic E-state index is 0.407. The largest absolute Gasteiger partial charge is 0.434 e. The molecular weight excluding hydrogens is 205 g/mol. The minimum Gasteiger partial charge on any atom is -0.354 e. The van der Waals surface area contributed by atoms with Gasteiger partial charge in [0.1, 0.15) is 4.88 Å². The number of rotatable bonds is 1. The highest BCUT2D eigenvalue weighted by molar-refractivity contribution is 7.11. The summed E-state index contributed by atoms with van der Waals surface area (Å²) in [5, 5.41) is 2.11.